The maximum atomic E-state index is 3.84. The average Bonchev–Trinajstić information content (AvgIpc) is 2.35. The predicted octanol–water partition coefficient (Wildman–Crippen LogP) is 4.06. The molecule has 0 radical (unpaired) electrons. The Hall–Kier alpha value is -0.0800. The van der Waals surface area contributed by atoms with E-state index in [4.69, 9.17) is 0 Å². The molecule has 0 aromatic carbocycles. The van der Waals surface area contributed by atoms with E-state index in [0.717, 1.165) is 12.1 Å². The number of nitrogens with one attached hydrogen (secondary N) is 1. The van der Waals surface area contributed by atoms with Gasteiger partial charge in [-0.3, -0.25) is 4.90 Å². The number of piperidine rings is 1. The highest BCUT2D eigenvalue weighted by molar-refractivity contribution is 4.96. The van der Waals surface area contributed by atoms with Crippen molar-refractivity contribution in [1.29, 1.82) is 0 Å². The summed E-state index contributed by atoms with van der Waals surface area (Å²) in [4.78, 5) is 2.82. The largest absolute Gasteiger partial charge is 0.312 e. The number of hydrogen-bond acceptors (Lipinski definition) is 2. The molecule has 118 valence electrons. The second kappa shape index (κ2) is 6.36. The maximum Gasteiger partial charge on any atom is 0.0254 e. The molecular formula is C18H36N2. The fourth-order valence-corrected chi connectivity index (χ4v) is 4.25. The Bertz CT molecular complexity index is 309. The number of likely N-dealkylation sites (tertiary alicyclic amines) is 1. The molecule has 0 spiro atoms. The van der Waals surface area contributed by atoms with Crippen molar-refractivity contribution in [2.45, 2.75) is 85.2 Å². The van der Waals surface area contributed by atoms with E-state index in [1.807, 2.05) is 0 Å². The van der Waals surface area contributed by atoms with Crippen LogP contribution in [-0.2, 0) is 0 Å². The van der Waals surface area contributed by atoms with Crippen molar-refractivity contribution in [3.63, 3.8) is 0 Å². The highest BCUT2D eigenvalue weighted by atomic mass is 15.2. The van der Waals surface area contributed by atoms with E-state index in [1.165, 1.54) is 58.2 Å². The number of rotatable bonds is 4. The third kappa shape index (κ3) is 4.21. The first-order valence-electron chi connectivity index (χ1n) is 8.80. The predicted molar refractivity (Wildman–Crippen MR) is 88.1 cm³/mol. The SMILES string of the molecule is CCCNC1CCC(C)(C)CC1N1CCCC(C)(C)C1. The van der Waals surface area contributed by atoms with Crippen LogP contribution in [0.3, 0.4) is 0 Å². The summed E-state index contributed by atoms with van der Waals surface area (Å²) in [6, 6.07) is 1.47. The Morgan fingerprint density at radius 2 is 1.85 bits per heavy atom. The summed E-state index contributed by atoms with van der Waals surface area (Å²) in [6.07, 6.45) is 8.12. The smallest absolute Gasteiger partial charge is 0.0254 e. The highest BCUT2D eigenvalue weighted by Gasteiger charge is 2.40. The van der Waals surface area contributed by atoms with Gasteiger partial charge in [-0.25, -0.2) is 0 Å². The zero-order chi connectivity index (χ0) is 14.8. The van der Waals surface area contributed by atoms with Gasteiger partial charge in [-0.2, -0.15) is 0 Å². The van der Waals surface area contributed by atoms with Crippen molar-refractivity contribution in [2.75, 3.05) is 19.6 Å². The lowest BCUT2D eigenvalue weighted by molar-refractivity contribution is 0.0152. The van der Waals surface area contributed by atoms with Crippen molar-refractivity contribution in [1.82, 2.24) is 10.2 Å². The minimum atomic E-state index is 0.509. The molecule has 2 heteroatoms. The number of hydrogen-bond donors (Lipinski definition) is 1. The molecule has 20 heavy (non-hydrogen) atoms. The fourth-order valence-electron chi connectivity index (χ4n) is 4.25. The summed E-state index contributed by atoms with van der Waals surface area (Å²) in [5.74, 6) is 0. The molecule has 0 aromatic heterocycles. The van der Waals surface area contributed by atoms with Crippen molar-refractivity contribution in [3.05, 3.63) is 0 Å². The topological polar surface area (TPSA) is 15.3 Å². The Balaban J connectivity index is 2.05. The lowest BCUT2D eigenvalue weighted by Crippen LogP contribution is -2.58. The van der Waals surface area contributed by atoms with Gasteiger partial charge in [-0.15, -0.1) is 0 Å². The minimum Gasteiger partial charge on any atom is -0.312 e. The highest BCUT2D eigenvalue weighted by Crippen LogP contribution is 2.40. The van der Waals surface area contributed by atoms with Gasteiger partial charge in [0.2, 0.25) is 0 Å². The van der Waals surface area contributed by atoms with Gasteiger partial charge in [0.15, 0.2) is 0 Å². The van der Waals surface area contributed by atoms with Crippen LogP contribution >= 0.6 is 0 Å². The maximum absolute atomic E-state index is 3.84. The van der Waals surface area contributed by atoms with Crippen LogP contribution in [0.5, 0.6) is 0 Å². The van der Waals surface area contributed by atoms with E-state index in [0.29, 0.717) is 10.8 Å². The molecule has 2 rings (SSSR count). The number of nitrogens with zero attached hydrogens (tertiary/aromatic N) is 1. The van der Waals surface area contributed by atoms with Gasteiger partial charge in [-0.05, 0) is 62.4 Å². The van der Waals surface area contributed by atoms with Crippen molar-refractivity contribution >= 4 is 0 Å². The minimum absolute atomic E-state index is 0.509. The summed E-state index contributed by atoms with van der Waals surface area (Å²) in [5.41, 5.74) is 1.03. The Morgan fingerprint density at radius 1 is 1.10 bits per heavy atom. The van der Waals surface area contributed by atoms with E-state index < -0.39 is 0 Å². The summed E-state index contributed by atoms with van der Waals surface area (Å²) >= 11 is 0. The van der Waals surface area contributed by atoms with Crippen molar-refractivity contribution in [3.8, 4) is 0 Å². The molecule has 2 aliphatic rings. The van der Waals surface area contributed by atoms with Crippen LogP contribution in [0, 0.1) is 10.8 Å². The lowest BCUT2D eigenvalue weighted by atomic mass is 9.71. The van der Waals surface area contributed by atoms with Gasteiger partial charge in [0.25, 0.3) is 0 Å². The lowest BCUT2D eigenvalue weighted by Gasteiger charge is -2.50. The molecule has 0 aromatic rings. The third-order valence-corrected chi connectivity index (χ3v) is 5.41. The molecule has 1 saturated heterocycles. The van der Waals surface area contributed by atoms with Crippen LogP contribution in [-0.4, -0.2) is 36.6 Å². The first-order chi connectivity index (χ1) is 9.33. The zero-order valence-electron chi connectivity index (χ0n) is 14.5. The molecule has 1 aliphatic heterocycles. The second-order valence-electron chi connectivity index (χ2n) is 8.77. The van der Waals surface area contributed by atoms with E-state index in [1.54, 1.807) is 0 Å². The van der Waals surface area contributed by atoms with E-state index in [9.17, 15) is 0 Å². The molecule has 2 atom stereocenters. The molecule has 2 nitrogen and oxygen atoms in total. The molecule has 0 amide bonds. The summed E-state index contributed by atoms with van der Waals surface area (Å²) in [6.45, 7) is 15.9. The van der Waals surface area contributed by atoms with Gasteiger partial charge >= 0.3 is 0 Å². The fraction of sp³-hybridized carbons (Fsp3) is 1.00. The molecule has 0 bridgehead atoms. The van der Waals surface area contributed by atoms with Crippen LogP contribution in [0.4, 0.5) is 0 Å². The molecule has 1 heterocycles. The first-order valence-corrected chi connectivity index (χ1v) is 8.80. The monoisotopic (exact) mass is 280 g/mol. The second-order valence-corrected chi connectivity index (χ2v) is 8.77. The van der Waals surface area contributed by atoms with Crippen LogP contribution in [0.2, 0.25) is 0 Å². The normalized spacial score (nSPS) is 34.0. The van der Waals surface area contributed by atoms with Gasteiger partial charge in [0, 0.05) is 18.6 Å². The summed E-state index contributed by atoms with van der Waals surface area (Å²) < 4.78 is 0. The standard InChI is InChI=1S/C18H36N2/c1-6-11-19-15-8-10-17(2,3)13-16(15)20-12-7-9-18(4,5)14-20/h15-16,19H,6-14H2,1-5H3. The molecule has 2 fully saturated rings. The first kappa shape index (κ1) is 16.3. The van der Waals surface area contributed by atoms with Crippen LogP contribution in [0.15, 0.2) is 0 Å². The molecule has 1 saturated carbocycles. The zero-order valence-corrected chi connectivity index (χ0v) is 14.5. The summed E-state index contributed by atoms with van der Waals surface area (Å²) in [5, 5.41) is 3.84. The third-order valence-electron chi connectivity index (χ3n) is 5.41. The van der Waals surface area contributed by atoms with Crippen LogP contribution in [0.1, 0.15) is 73.1 Å². The van der Waals surface area contributed by atoms with Gasteiger partial charge < -0.3 is 5.32 Å². The van der Waals surface area contributed by atoms with Gasteiger partial charge in [0.05, 0.1) is 0 Å². The quantitative estimate of drug-likeness (QED) is 0.835. The van der Waals surface area contributed by atoms with Crippen LogP contribution < -0.4 is 5.32 Å². The van der Waals surface area contributed by atoms with Crippen LogP contribution in [0.25, 0.3) is 0 Å². The molecule has 1 aliphatic carbocycles. The van der Waals surface area contributed by atoms with Gasteiger partial charge in [-0.1, -0.05) is 34.6 Å². The van der Waals surface area contributed by atoms with Crippen molar-refractivity contribution in [2.24, 2.45) is 10.8 Å². The molecule has 2 unspecified atom stereocenters. The summed E-state index contributed by atoms with van der Waals surface area (Å²) in [7, 11) is 0. The van der Waals surface area contributed by atoms with E-state index in [-0.39, 0.29) is 0 Å². The van der Waals surface area contributed by atoms with Crippen molar-refractivity contribution < 1.29 is 0 Å². The Labute approximate surface area is 126 Å². The van der Waals surface area contributed by atoms with Gasteiger partial charge in [0.1, 0.15) is 0 Å². The Morgan fingerprint density at radius 3 is 2.50 bits per heavy atom. The average molecular weight is 280 g/mol. The molecule has 1 N–H and O–H groups in total. The Kier molecular flexibility index (Phi) is 5.18. The molecular weight excluding hydrogens is 244 g/mol. The van der Waals surface area contributed by atoms with E-state index >= 15 is 0 Å². The van der Waals surface area contributed by atoms with E-state index in [2.05, 4.69) is 44.8 Å².